The Hall–Kier alpha value is -2.83. The second kappa shape index (κ2) is 5.36. The number of aromatic amines is 1. The second-order valence-electron chi connectivity index (χ2n) is 6.38. The minimum absolute atomic E-state index is 0.150. The SMILES string of the molecule is NC1=NC2(CCCCC2)N(c2cccc3ccc(=O)[nH]c23)C(N)=N1. The van der Waals surface area contributed by atoms with Crippen molar-refractivity contribution in [3.63, 3.8) is 0 Å². The van der Waals surface area contributed by atoms with E-state index in [1.807, 2.05) is 23.1 Å². The molecule has 7 heteroatoms. The van der Waals surface area contributed by atoms with Crippen LogP contribution >= 0.6 is 0 Å². The third kappa shape index (κ3) is 2.24. The van der Waals surface area contributed by atoms with E-state index in [4.69, 9.17) is 11.5 Å². The lowest BCUT2D eigenvalue weighted by atomic mass is 9.87. The van der Waals surface area contributed by atoms with Gasteiger partial charge in [0.2, 0.25) is 17.5 Å². The lowest BCUT2D eigenvalue weighted by molar-refractivity contribution is 0.306. The van der Waals surface area contributed by atoms with Crippen LogP contribution in [0.3, 0.4) is 0 Å². The van der Waals surface area contributed by atoms with E-state index >= 15 is 0 Å². The molecule has 1 aromatic carbocycles. The van der Waals surface area contributed by atoms with Crippen molar-refractivity contribution < 1.29 is 0 Å². The van der Waals surface area contributed by atoms with Gasteiger partial charge in [0.05, 0.1) is 11.2 Å². The Balaban J connectivity index is 1.95. The van der Waals surface area contributed by atoms with Crippen LogP contribution in [-0.4, -0.2) is 22.6 Å². The number of para-hydroxylation sites is 1. The summed E-state index contributed by atoms with van der Waals surface area (Å²) in [4.78, 5) is 25.6. The number of nitrogens with one attached hydrogen (secondary N) is 1. The third-order valence-electron chi connectivity index (χ3n) is 4.83. The summed E-state index contributed by atoms with van der Waals surface area (Å²) in [6.45, 7) is 0. The summed E-state index contributed by atoms with van der Waals surface area (Å²) in [6.07, 6.45) is 5.01. The van der Waals surface area contributed by atoms with Gasteiger partial charge in [0.25, 0.3) is 0 Å². The summed E-state index contributed by atoms with van der Waals surface area (Å²) >= 11 is 0. The highest BCUT2D eigenvalue weighted by Crippen LogP contribution is 2.40. The van der Waals surface area contributed by atoms with Gasteiger partial charge in [-0.05, 0) is 37.8 Å². The van der Waals surface area contributed by atoms with Gasteiger partial charge in [-0.2, -0.15) is 4.99 Å². The Morgan fingerprint density at radius 1 is 1.08 bits per heavy atom. The molecule has 24 heavy (non-hydrogen) atoms. The topological polar surface area (TPSA) is 113 Å². The molecule has 5 N–H and O–H groups in total. The second-order valence-corrected chi connectivity index (χ2v) is 6.38. The fourth-order valence-electron chi connectivity index (χ4n) is 3.82. The van der Waals surface area contributed by atoms with Crippen LogP contribution in [0.5, 0.6) is 0 Å². The van der Waals surface area contributed by atoms with Gasteiger partial charge in [0.1, 0.15) is 5.66 Å². The predicted octanol–water partition coefficient (Wildman–Crippen LogP) is 1.64. The average molecular weight is 324 g/mol. The van der Waals surface area contributed by atoms with E-state index in [2.05, 4.69) is 15.0 Å². The first-order valence-corrected chi connectivity index (χ1v) is 8.21. The van der Waals surface area contributed by atoms with Crippen molar-refractivity contribution in [3.05, 3.63) is 40.7 Å². The van der Waals surface area contributed by atoms with E-state index in [-0.39, 0.29) is 11.5 Å². The van der Waals surface area contributed by atoms with Gasteiger partial charge in [-0.1, -0.05) is 18.6 Å². The number of rotatable bonds is 1. The summed E-state index contributed by atoms with van der Waals surface area (Å²) in [7, 11) is 0. The van der Waals surface area contributed by atoms with Crippen LogP contribution in [0.1, 0.15) is 32.1 Å². The van der Waals surface area contributed by atoms with Crippen LogP contribution in [0.25, 0.3) is 10.9 Å². The van der Waals surface area contributed by atoms with Crippen molar-refractivity contribution in [2.45, 2.75) is 37.8 Å². The zero-order valence-electron chi connectivity index (χ0n) is 13.3. The normalized spacial score (nSPS) is 20.1. The summed E-state index contributed by atoms with van der Waals surface area (Å²) in [5, 5.41) is 0.938. The molecule has 0 saturated heterocycles. The van der Waals surface area contributed by atoms with Crippen molar-refractivity contribution in [1.29, 1.82) is 0 Å². The van der Waals surface area contributed by atoms with Crippen LogP contribution in [0.2, 0.25) is 0 Å². The number of aliphatic imine (C=N–C) groups is 2. The quantitative estimate of drug-likeness (QED) is 0.740. The maximum Gasteiger partial charge on any atom is 0.248 e. The monoisotopic (exact) mass is 324 g/mol. The van der Waals surface area contributed by atoms with E-state index in [0.29, 0.717) is 5.96 Å². The van der Waals surface area contributed by atoms with Crippen LogP contribution in [-0.2, 0) is 0 Å². The molecule has 0 bridgehead atoms. The Bertz CT molecular complexity index is 907. The fourth-order valence-corrected chi connectivity index (χ4v) is 3.82. The maximum absolute atomic E-state index is 11.8. The van der Waals surface area contributed by atoms with Crippen molar-refractivity contribution in [2.24, 2.45) is 21.5 Å². The van der Waals surface area contributed by atoms with Gasteiger partial charge in [-0.25, -0.2) is 4.99 Å². The maximum atomic E-state index is 11.8. The Labute approximate surface area is 139 Å². The number of nitrogens with zero attached hydrogens (tertiary/aromatic N) is 3. The molecule has 7 nitrogen and oxygen atoms in total. The Morgan fingerprint density at radius 3 is 2.67 bits per heavy atom. The van der Waals surface area contributed by atoms with Crippen LogP contribution < -0.4 is 21.9 Å². The van der Waals surface area contributed by atoms with Crippen LogP contribution in [0.15, 0.2) is 45.1 Å². The summed E-state index contributed by atoms with van der Waals surface area (Å²) in [5.74, 6) is 0.543. The van der Waals surface area contributed by atoms with E-state index in [1.54, 1.807) is 6.07 Å². The fraction of sp³-hybridized carbons (Fsp3) is 0.353. The minimum Gasteiger partial charge on any atom is -0.369 e. The number of anilines is 1. The minimum atomic E-state index is -0.519. The number of hydrogen-bond acceptors (Lipinski definition) is 6. The highest BCUT2D eigenvalue weighted by atomic mass is 16.1. The standard InChI is InChI=1S/C17H20N6O/c18-15-21-16(19)23(17(22-15)9-2-1-3-10-17)12-6-4-5-11-7-8-13(24)20-14(11)12/h4-8H,1-3,9-10H2,(H,20,24)(H4,18,19,21,22). The zero-order valence-corrected chi connectivity index (χ0v) is 13.3. The first kappa shape index (κ1) is 14.7. The predicted molar refractivity (Wildman–Crippen MR) is 96.1 cm³/mol. The molecule has 2 aromatic rings. The Morgan fingerprint density at radius 2 is 1.88 bits per heavy atom. The van der Waals surface area contributed by atoms with Gasteiger partial charge in [-0.3, -0.25) is 9.69 Å². The molecule has 0 unspecified atom stereocenters. The molecule has 1 aliphatic heterocycles. The number of benzene rings is 1. The highest BCUT2D eigenvalue weighted by molar-refractivity contribution is 6.09. The number of guanidine groups is 2. The van der Waals surface area contributed by atoms with Crippen molar-refractivity contribution in [3.8, 4) is 0 Å². The van der Waals surface area contributed by atoms with E-state index in [0.717, 1.165) is 42.3 Å². The van der Waals surface area contributed by atoms with Crippen molar-refractivity contribution in [1.82, 2.24) is 4.98 Å². The average Bonchev–Trinajstić information content (AvgIpc) is 2.55. The lowest BCUT2D eigenvalue weighted by Gasteiger charge is -2.45. The van der Waals surface area contributed by atoms with Gasteiger partial charge in [0, 0.05) is 11.5 Å². The molecule has 0 amide bonds. The van der Waals surface area contributed by atoms with Gasteiger partial charge in [-0.15, -0.1) is 0 Å². The number of aromatic nitrogens is 1. The zero-order chi connectivity index (χ0) is 16.7. The van der Waals surface area contributed by atoms with Crippen molar-refractivity contribution in [2.75, 3.05) is 4.90 Å². The van der Waals surface area contributed by atoms with Crippen molar-refractivity contribution >= 4 is 28.5 Å². The lowest BCUT2D eigenvalue weighted by Crippen LogP contribution is -2.58. The number of nitrogens with two attached hydrogens (primary N) is 2. The van der Waals surface area contributed by atoms with Gasteiger partial charge < -0.3 is 16.5 Å². The number of pyridine rings is 1. The van der Waals surface area contributed by atoms with E-state index in [1.165, 1.54) is 12.5 Å². The number of H-pyrrole nitrogens is 1. The molecule has 124 valence electrons. The molecule has 1 aromatic heterocycles. The van der Waals surface area contributed by atoms with Crippen LogP contribution in [0, 0.1) is 0 Å². The first-order chi connectivity index (χ1) is 11.6. The molecule has 0 atom stereocenters. The first-order valence-electron chi connectivity index (χ1n) is 8.21. The molecule has 2 heterocycles. The summed E-state index contributed by atoms with van der Waals surface area (Å²) < 4.78 is 0. The van der Waals surface area contributed by atoms with Gasteiger partial charge in [0.15, 0.2) is 0 Å². The van der Waals surface area contributed by atoms with Gasteiger partial charge >= 0.3 is 0 Å². The molecule has 1 spiro atoms. The molecule has 1 aliphatic carbocycles. The Kier molecular flexibility index (Phi) is 3.30. The van der Waals surface area contributed by atoms with E-state index < -0.39 is 5.66 Å². The molecular formula is C17H20N6O. The number of fused-ring (bicyclic) bond motifs is 1. The summed E-state index contributed by atoms with van der Waals surface area (Å²) in [6, 6.07) is 9.17. The molecule has 4 rings (SSSR count). The summed E-state index contributed by atoms with van der Waals surface area (Å²) in [5.41, 5.74) is 13.0. The largest absolute Gasteiger partial charge is 0.369 e. The number of hydrogen-bond donors (Lipinski definition) is 3. The molecule has 1 fully saturated rings. The highest BCUT2D eigenvalue weighted by Gasteiger charge is 2.43. The third-order valence-corrected chi connectivity index (χ3v) is 4.83. The van der Waals surface area contributed by atoms with Crippen LogP contribution in [0.4, 0.5) is 5.69 Å². The smallest absolute Gasteiger partial charge is 0.248 e. The molecular weight excluding hydrogens is 304 g/mol. The molecule has 0 radical (unpaired) electrons. The molecule has 1 saturated carbocycles. The van der Waals surface area contributed by atoms with E-state index in [9.17, 15) is 4.79 Å². The molecule has 2 aliphatic rings.